The Morgan fingerprint density at radius 3 is 2.87 bits per heavy atom. The predicted molar refractivity (Wildman–Crippen MR) is 61.3 cm³/mol. The van der Waals surface area contributed by atoms with Crippen LogP contribution in [0.3, 0.4) is 0 Å². The minimum absolute atomic E-state index is 0.369. The van der Waals surface area contributed by atoms with Gasteiger partial charge in [-0.25, -0.2) is 0 Å². The van der Waals surface area contributed by atoms with Crippen molar-refractivity contribution < 1.29 is 4.74 Å². The van der Waals surface area contributed by atoms with Crippen molar-refractivity contribution in [2.24, 2.45) is 0 Å². The molecule has 0 bridgehead atoms. The molecule has 0 radical (unpaired) electrons. The van der Waals surface area contributed by atoms with Gasteiger partial charge in [-0.15, -0.1) is 0 Å². The second-order valence-corrected chi connectivity index (χ2v) is 3.96. The van der Waals surface area contributed by atoms with Crippen molar-refractivity contribution in [3.05, 3.63) is 29.3 Å². The van der Waals surface area contributed by atoms with Gasteiger partial charge in [0, 0.05) is 31.2 Å². The van der Waals surface area contributed by atoms with Crippen molar-refractivity contribution in [2.45, 2.75) is 13.0 Å². The van der Waals surface area contributed by atoms with Crippen LogP contribution in [-0.2, 0) is 0 Å². The van der Waals surface area contributed by atoms with Gasteiger partial charge in [-0.05, 0) is 13.0 Å². The van der Waals surface area contributed by atoms with Crippen LogP contribution in [-0.4, -0.2) is 26.7 Å². The van der Waals surface area contributed by atoms with Crippen LogP contribution in [0.4, 0.5) is 0 Å². The fraction of sp³-hybridized carbons (Fsp3) is 0.500. The molecule has 1 aromatic rings. The van der Waals surface area contributed by atoms with Crippen molar-refractivity contribution in [1.82, 2.24) is 10.6 Å². The van der Waals surface area contributed by atoms with E-state index in [2.05, 4.69) is 29.7 Å². The van der Waals surface area contributed by atoms with E-state index in [1.54, 1.807) is 7.11 Å². The molecule has 1 aliphatic rings. The highest BCUT2D eigenvalue weighted by Gasteiger charge is 2.17. The Morgan fingerprint density at radius 2 is 2.20 bits per heavy atom. The number of nitrogens with one attached hydrogen (secondary N) is 2. The van der Waals surface area contributed by atoms with Gasteiger partial charge in [0.2, 0.25) is 0 Å². The smallest absolute Gasteiger partial charge is 0.123 e. The second kappa shape index (κ2) is 4.64. The SMILES string of the molecule is COc1ccc(C)cc1C1CNCCN1. The van der Waals surface area contributed by atoms with Gasteiger partial charge in [0.25, 0.3) is 0 Å². The first kappa shape index (κ1) is 10.5. The van der Waals surface area contributed by atoms with Crippen molar-refractivity contribution in [3.63, 3.8) is 0 Å². The molecule has 3 nitrogen and oxygen atoms in total. The fourth-order valence-electron chi connectivity index (χ4n) is 2.00. The van der Waals surface area contributed by atoms with Gasteiger partial charge in [0.05, 0.1) is 7.11 Å². The van der Waals surface area contributed by atoms with Crippen LogP contribution in [0.25, 0.3) is 0 Å². The lowest BCUT2D eigenvalue weighted by Gasteiger charge is -2.26. The Bertz CT molecular complexity index is 332. The number of hydrogen-bond donors (Lipinski definition) is 2. The number of methoxy groups -OCH3 is 1. The highest BCUT2D eigenvalue weighted by Crippen LogP contribution is 2.26. The zero-order chi connectivity index (χ0) is 10.7. The van der Waals surface area contributed by atoms with E-state index in [-0.39, 0.29) is 0 Å². The summed E-state index contributed by atoms with van der Waals surface area (Å²) in [5.74, 6) is 0.974. The van der Waals surface area contributed by atoms with Gasteiger partial charge in [0.1, 0.15) is 5.75 Å². The first-order valence-electron chi connectivity index (χ1n) is 5.40. The summed E-state index contributed by atoms with van der Waals surface area (Å²) < 4.78 is 5.39. The first-order valence-corrected chi connectivity index (χ1v) is 5.40. The summed E-state index contributed by atoms with van der Waals surface area (Å²) in [6, 6.07) is 6.69. The van der Waals surface area contributed by atoms with Crippen LogP contribution in [0.1, 0.15) is 17.2 Å². The summed E-state index contributed by atoms with van der Waals surface area (Å²) in [6.07, 6.45) is 0. The molecule has 0 saturated carbocycles. The molecule has 0 aliphatic carbocycles. The molecule has 82 valence electrons. The molecule has 1 atom stereocenters. The van der Waals surface area contributed by atoms with E-state index in [9.17, 15) is 0 Å². The normalized spacial score (nSPS) is 21.3. The molecule has 2 rings (SSSR count). The van der Waals surface area contributed by atoms with Crippen LogP contribution < -0.4 is 15.4 Å². The van der Waals surface area contributed by atoms with Crippen molar-refractivity contribution in [1.29, 1.82) is 0 Å². The van der Waals surface area contributed by atoms with Gasteiger partial charge in [-0.3, -0.25) is 0 Å². The summed E-state index contributed by atoms with van der Waals surface area (Å²) >= 11 is 0. The minimum Gasteiger partial charge on any atom is -0.496 e. The Kier molecular flexibility index (Phi) is 3.23. The van der Waals surface area contributed by atoms with Crippen molar-refractivity contribution >= 4 is 0 Å². The zero-order valence-corrected chi connectivity index (χ0v) is 9.34. The first-order chi connectivity index (χ1) is 7.31. The minimum atomic E-state index is 0.369. The highest BCUT2D eigenvalue weighted by atomic mass is 16.5. The number of benzene rings is 1. The maximum Gasteiger partial charge on any atom is 0.123 e. The lowest BCUT2D eigenvalue weighted by Crippen LogP contribution is -2.42. The molecule has 1 unspecified atom stereocenters. The Balaban J connectivity index is 2.27. The molecule has 0 aromatic heterocycles. The molecule has 1 saturated heterocycles. The Labute approximate surface area is 90.8 Å². The average molecular weight is 206 g/mol. The molecule has 3 heteroatoms. The molecule has 0 amide bonds. The summed E-state index contributed by atoms with van der Waals surface area (Å²) in [5, 5.41) is 6.88. The van der Waals surface area contributed by atoms with Gasteiger partial charge >= 0.3 is 0 Å². The van der Waals surface area contributed by atoms with E-state index in [0.717, 1.165) is 25.4 Å². The van der Waals surface area contributed by atoms with Crippen molar-refractivity contribution in [2.75, 3.05) is 26.7 Å². The summed E-state index contributed by atoms with van der Waals surface area (Å²) in [4.78, 5) is 0. The molecule has 1 heterocycles. The van der Waals surface area contributed by atoms with E-state index in [0.29, 0.717) is 6.04 Å². The third kappa shape index (κ3) is 2.30. The largest absolute Gasteiger partial charge is 0.496 e. The van der Waals surface area contributed by atoms with Crippen LogP contribution in [0.15, 0.2) is 18.2 Å². The molecular weight excluding hydrogens is 188 g/mol. The van der Waals surface area contributed by atoms with E-state index in [1.165, 1.54) is 11.1 Å². The molecule has 1 fully saturated rings. The number of hydrogen-bond acceptors (Lipinski definition) is 3. The number of ether oxygens (including phenoxy) is 1. The molecule has 2 N–H and O–H groups in total. The maximum absolute atomic E-state index is 5.39. The summed E-state index contributed by atoms with van der Waals surface area (Å²) in [6.45, 7) is 5.14. The van der Waals surface area contributed by atoms with E-state index < -0.39 is 0 Å². The van der Waals surface area contributed by atoms with E-state index in [1.807, 2.05) is 6.07 Å². The topological polar surface area (TPSA) is 33.3 Å². The third-order valence-electron chi connectivity index (χ3n) is 2.80. The average Bonchev–Trinajstić information content (AvgIpc) is 2.30. The monoisotopic (exact) mass is 206 g/mol. The quantitative estimate of drug-likeness (QED) is 0.763. The van der Waals surface area contributed by atoms with Crippen molar-refractivity contribution in [3.8, 4) is 5.75 Å². The molecule has 1 aliphatic heterocycles. The van der Waals surface area contributed by atoms with E-state index >= 15 is 0 Å². The van der Waals surface area contributed by atoms with E-state index in [4.69, 9.17) is 4.74 Å². The molecule has 1 aromatic carbocycles. The zero-order valence-electron chi connectivity index (χ0n) is 9.34. The molecule has 15 heavy (non-hydrogen) atoms. The lowest BCUT2D eigenvalue weighted by molar-refractivity contribution is 0.381. The molecule has 0 spiro atoms. The lowest BCUT2D eigenvalue weighted by atomic mass is 10.0. The van der Waals surface area contributed by atoms with Gasteiger partial charge in [-0.1, -0.05) is 17.7 Å². The number of rotatable bonds is 2. The van der Waals surface area contributed by atoms with Crippen LogP contribution in [0, 0.1) is 6.92 Å². The predicted octanol–water partition coefficient (Wildman–Crippen LogP) is 1.24. The Morgan fingerprint density at radius 1 is 1.33 bits per heavy atom. The maximum atomic E-state index is 5.39. The molecular formula is C12H18N2O. The summed E-state index contributed by atoms with van der Waals surface area (Å²) in [7, 11) is 1.73. The van der Waals surface area contributed by atoms with Gasteiger partial charge < -0.3 is 15.4 Å². The fourth-order valence-corrected chi connectivity index (χ4v) is 2.00. The number of piperazine rings is 1. The third-order valence-corrected chi connectivity index (χ3v) is 2.80. The van der Waals surface area contributed by atoms with Gasteiger partial charge in [0.15, 0.2) is 0 Å². The summed E-state index contributed by atoms with van der Waals surface area (Å²) in [5.41, 5.74) is 2.53. The standard InChI is InChI=1S/C12H18N2O/c1-9-3-4-12(15-2)10(7-9)11-8-13-5-6-14-11/h3-4,7,11,13-14H,5-6,8H2,1-2H3. The Hall–Kier alpha value is -1.06. The van der Waals surface area contributed by atoms with Crippen LogP contribution >= 0.6 is 0 Å². The second-order valence-electron chi connectivity index (χ2n) is 3.96. The van der Waals surface area contributed by atoms with Crippen LogP contribution in [0.2, 0.25) is 0 Å². The highest BCUT2D eigenvalue weighted by molar-refractivity contribution is 5.39. The van der Waals surface area contributed by atoms with Gasteiger partial charge in [-0.2, -0.15) is 0 Å². The number of aryl methyl sites for hydroxylation is 1. The van der Waals surface area contributed by atoms with Crippen LogP contribution in [0.5, 0.6) is 5.75 Å².